The Morgan fingerprint density at radius 2 is 1.83 bits per heavy atom. The average Bonchev–Trinajstić information content (AvgIpc) is 2.65. The molecule has 2 aromatic rings. The lowest BCUT2D eigenvalue weighted by atomic mass is 9.82. The number of carbonyl (C=O) groups excluding carboxylic acids is 1. The molecule has 3 nitrogen and oxygen atoms in total. The molecule has 126 valence electrons. The Morgan fingerprint density at radius 1 is 1.08 bits per heavy atom. The summed E-state index contributed by atoms with van der Waals surface area (Å²) in [6.07, 6.45) is 3.96. The van der Waals surface area contributed by atoms with E-state index in [4.69, 9.17) is 5.73 Å². The van der Waals surface area contributed by atoms with Crippen LogP contribution >= 0.6 is 0 Å². The smallest absolute Gasteiger partial charge is 0.230 e. The van der Waals surface area contributed by atoms with Gasteiger partial charge in [-0.3, -0.25) is 4.79 Å². The number of fused-ring (bicyclic) bond motifs is 1. The highest BCUT2D eigenvalue weighted by Gasteiger charge is 2.29. The molecule has 0 spiro atoms. The number of benzene rings is 2. The Balaban J connectivity index is 1.81. The maximum absolute atomic E-state index is 13.3. The van der Waals surface area contributed by atoms with E-state index in [0.29, 0.717) is 13.1 Å². The van der Waals surface area contributed by atoms with Crippen molar-refractivity contribution in [2.45, 2.75) is 38.1 Å². The van der Waals surface area contributed by atoms with Crippen LogP contribution in [0.2, 0.25) is 0 Å². The number of amides is 1. The van der Waals surface area contributed by atoms with Crippen molar-refractivity contribution in [3.63, 3.8) is 0 Å². The number of nitrogens with two attached hydrogens (primary N) is 1. The van der Waals surface area contributed by atoms with Crippen LogP contribution in [0.3, 0.4) is 0 Å². The van der Waals surface area contributed by atoms with Gasteiger partial charge >= 0.3 is 0 Å². The summed E-state index contributed by atoms with van der Waals surface area (Å²) in [5, 5.41) is 0. The third-order valence-electron chi connectivity index (χ3n) is 4.83. The number of hydrogen-bond acceptors (Lipinski definition) is 2. The van der Waals surface area contributed by atoms with Crippen molar-refractivity contribution < 1.29 is 4.79 Å². The predicted octanol–water partition coefficient (Wildman–Crippen LogP) is 3.48. The minimum Gasteiger partial charge on any atom is -0.338 e. The first-order chi connectivity index (χ1) is 11.8. The van der Waals surface area contributed by atoms with Gasteiger partial charge in [0.05, 0.1) is 5.92 Å². The summed E-state index contributed by atoms with van der Waals surface area (Å²) in [5.74, 6) is 0.246. The predicted molar refractivity (Wildman–Crippen MR) is 97.7 cm³/mol. The van der Waals surface area contributed by atoms with E-state index in [-0.39, 0.29) is 11.8 Å². The van der Waals surface area contributed by atoms with Crippen LogP contribution in [0.1, 0.15) is 41.9 Å². The quantitative estimate of drug-likeness (QED) is 0.885. The fourth-order valence-corrected chi connectivity index (χ4v) is 3.58. The molecular weight excluding hydrogens is 296 g/mol. The van der Waals surface area contributed by atoms with Crippen molar-refractivity contribution in [1.29, 1.82) is 0 Å². The normalized spacial score (nSPS) is 16.5. The van der Waals surface area contributed by atoms with Crippen LogP contribution in [0.4, 0.5) is 0 Å². The highest BCUT2D eigenvalue weighted by atomic mass is 16.2. The largest absolute Gasteiger partial charge is 0.338 e. The molecule has 0 aromatic heterocycles. The van der Waals surface area contributed by atoms with Crippen molar-refractivity contribution in [2.75, 3.05) is 13.1 Å². The van der Waals surface area contributed by atoms with Gasteiger partial charge in [-0.2, -0.15) is 0 Å². The van der Waals surface area contributed by atoms with E-state index in [2.05, 4.69) is 30.3 Å². The molecule has 3 heteroatoms. The van der Waals surface area contributed by atoms with Crippen LogP contribution in [0.25, 0.3) is 0 Å². The monoisotopic (exact) mass is 322 g/mol. The Morgan fingerprint density at radius 3 is 2.62 bits per heavy atom. The number of hydrogen-bond donors (Lipinski definition) is 1. The summed E-state index contributed by atoms with van der Waals surface area (Å²) in [7, 11) is 0. The molecule has 24 heavy (non-hydrogen) atoms. The topological polar surface area (TPSA) is 46.3 Å². The molecular formula is C21H26N2O. The van der Waals surface area contributed by atoms with Gasteiger partial charge in [0.2, 0.25) is 5.91 Å². The van der Waals surface area contributed by atoms with Gasteiger partial charge in [0.25, 0.3) is 0 Å². The lowest BCUT2D eigenvalue weighted by molar-refractivity contribution is -0.133. The molecule has 1 aliphatic rings. The molecule has 1 amide bonds. The molecule has 0 saturated heterocycles. The summed E-state index contributed by atoms with van der Waals surface area (Å²) in [6.45, 7) is 2.00. The molecule has 2 aromatic carbocycles. The molecule has 1 unspecified atom stereocenters. The molecule has 0 bridgehead atoms. The molecule has 0 saturated carbocycles. The highest BCUT2D eigenvalue weighted by Crippen LogP contribution is 2.33. The van der Waals surface area contributed by atoms with Gasteiger partial charge in [0.1, 0.15) is 0 Å². The Hall–Kier alpha value is -2.13. The van der Waals surface area contributed by atoms with Gasteiger partial charge in [0.15, 0.2) is 0 Å². The SMILES string of the molecule is NCCCN(Cc1ccccc1)C(=O)C1CCCc2ccccc21. The molecule has 0 aliphatic heterocycles. The number of nitrogens with zero attached hydrogens (tertiary/aromatic N) is 1. The maximum atomic E-state index is 13.3. The second-order valence-electron chi connectivity index (χ2n) is 6.53. The van der Waals surface area contributed by atoms with Gasteiger partial charge in [-0.1, -0.05) is 54.6 Å². The van der Waals surface area contributed by atoms with Crippen molar-refractivity contribution in [3.05, 3.63) is 71.3 Å². The van der Waals surface area contributed by atoms with Crippen molar-refractivity contribution in [3.8, 4) is 0 Å². The zero-order valence-corrected chi connectivity index (χ0v) is 14.2. The lowest BCUT2D eigenvalue weighted by Crippen LogP contribution is -2.37. The molecule has 0 fully saturated rings. The minimum atomic E-state index is -0.00330. The van der Waals surface area contributed by atoms with Crippen molar-refractivity contribution >= 4 is 5.91 Å². The summed E-state index contributed by atoms with van der Waals surface area (Å²) in [6, 6.07) is 18.6. The highest BCUT2D eigenvalue weighted by molar-refractivity contribution is 5.84. The van der Waals surface area contributed by atoms with E-state index in [1.54, 1.807) is 0 Å². The second-order valence-corrected chi connectivity index (χ2v) is 6.53. The zero-order valence-electron chi connectivity index (χ0n) is 14.2. The van der Waals surface area contributed by atoms with E-state index in [0.717, 1.165) is 32.2 Å². The van der Waals surface area contributed by atoms with Crippen LogP contribution in [0, 0.1) is 0 Å². The number of aryl methyl sites for hydroxylation is 1. The molecule has 3 rings (SSSR count). The average molecular weight is 322 g/mol. The van der Waals surface area contributed by atoms with E-state index < -0.39 is 0 Å². The summed E-state index contributed by atoms with van der Waals surface area (Å²) < 4.78 is 0. The molecule has 0 heterocycles. The molecule has 2 N–H and O–H groups in total. The van der Waals surface area contributed by atoms with Crippen molar-refractivity contribution in [2.24, 2.45) is 5.73 Å². The van der Waals surface area contributed by atoms with Gasteiger partial charge in [-0.05, 0) is 48.9 Å². The third-order valence-corrected chi connectivity index (χ3v) is 4.83. The fraction of sp³-hybridized carbons (Fsp3) is 0.381. The molecule has 1 aliphatic carbocycles. The molecule has 0 radical (unpaired) electrons. The lowest BCUT2D eigenvalue weighted by Gasteiger charge is -2.31. The van der Waals surface area contributed by atoms with E-state index in [9.17, 15) is 4.79 Å². The first-order valence-electron chi connectivity index (χ1n) is 8.90. The Kier molecular flexibility index (Phi) is 5.65. The van der Waals surface area contributed by atoms with E-state index in [1.807, 2.05) is 29.2 Å². The minimum absolute atomic E-state index is 0.00330. The maximum Gasteiger partial charge on any atom is 0.230 e. The van der Waals surface area contributed by atoms with Gasteiger partial charge < -0.3 is 10.6 Å². The Bertz CT molecular complexity index is 669. The van der Waals surface area contributed by atoms with Gasteiger partial charge in [0, 0.05) is 13.1 Å². The van der Waals surface area contributed by atoms with Crippen molar-refractivity contribution in [1.82, 2.24) is 4.90 Å². The van der Waals surface area contributed by atoms with Crippen LogP contribution in [-0.4, -0.2) is 23.9 Å². The van der Waals surface area contributed by atoms with Gasteiger partial charge in [-0.15, -0.1) is 0 Å². The molecule has 1 atom stereocenters. The Labute approximate surface area is 144 Å². The van der Waals surface area contributed by atoms with Crippen LogP contribution in [0.5, 0.6) is 0 Å². The summed E-state index contributed by atoms with van der Waals surface area (Å²) in [5.41, 5.74) is 9.42. The summed E-state index contributed by atoms with van der Waals surface area (Å²) in [4.78, 5) is 15.3. The first kappa shape index (κ1) is 16.7. The first-order valence-corrected chi connectivity index (χ1v) is 8.90. The number of carbonyl (C=O) groups is 1. The summed E-state index contributed by atoms with van der Waals surface area (Å²) >= 11 is 0. The van der Waals surface area contributed by atoms with Crippen LogP contribution in [0.15, 0.2) is 54.6 Å². The van der Waals surface area contributed by atoms with Crippen LogP contribution < -0.4 is 5.73 Å². The standard InChI is InChI=1S/C21H26N2O/c22-14-7-15-23(16-17-8-2-1-3-9-17)21(24)20-13-6-11-18-10-4-5-12-19(18)20/h1-5,8-10,12,20H,6-7,11,13-16,22H2. The fourth-order valence-electron chi connectivity index (χ4n) is 3.58. The van der Waals surface area contributed by atoms with Gasteiger partial charge in [-0.25, -0.2) is 0 Å². The second kappa shape index (κ2) is 8.11. The zero-order chi connectivity index (χ0) is 16.8. The number of rotatable bonds is 6. The third kappa shape index (κ3) is 3.85. The van der Waals surface area contributed by atoms with Crippen LogP contribution in [-0.2, 0) is 17.8 Å². The van der Waals surface area contributed by atoms with E-state index in [1.165, 1.54) is 16.7 Å². The van der Waals surface area contributed by atoms with E-state index >= 15 is 0 Å².